The molecular formula is C34H37. The van der Waals surface area contributed by atoms with Crippen LogP contribution in [-0.4, -0.2) is 0 Å². The van der Waals surface area contributed by atoms with E-state index >= 15 is 0 Å². The molecule has 0 fully saturated rings. The van der Waals surface area contributed by atoms with Gasteiger partial charge in [0.25, 0.3) is 0 Å². The standard InChI is InChI=1S/C34H37/c1-23(2)30-21-31(24(3)4)34(32(22-30)25(5)6)29-19-17-28(18-20-29)33(26-13-9-7-10-14-26)27-15-11-8-12-16-27/h7-25H,1-6H3. The minimum Gasteiger partial charge on any atom is -0.0622 e. The van der Waals surface area contributed by atoms with Crippen LogP contribution in [0.4, 0.5) is 0 Å². The van der Waals surface area contributed by atoms with Gasteiger partial charge in [0.1, 0.15) is 0 Å². The van der Waals surface area contributed by atoms with Crippen LogP contribution in [0.3, 0.4) is 0 Å². The minimum absolute atomic E-state index is 0.474. The van der Waals surface area contributed by atoms with E-state index in [4.69, 9.17) is 0 Å². The Kier molecular flexibility index (Phi) is 7.37. The average Bonchev–Trinajstić information content (AvgIpc) is 2.85. The summed E-state index contributed by atoms with van der Waals surface area (Å²) in [5.41, 5.74) is 10.8. The van der Waals surface area contributed by atoms with E-state index in [0.717, 1.165) is 0 Å². The summed E-state index contributed by atoms with van der Waals surface area (Å²) in [6, 6.07) is 35.6. The maximum Gasteiger partial charge on any atom is 0.0629 e. The van der Waals surface area contributed by atoms with Crippen LogP contribution in [0.15, 0.2) is 97.1 Å². The smallest absolute Gasteiger partial charge is 0.0622 e. The number of benzene rings is 4. The van der Waals surface area contributed by atoms with Gasteiger partial charge in [-0.15, -0.1) is 0 Å². The SMILES string of the molecule is CC(C)c1cc(C(C)C)c(-c2ccc([C](c3ccccc3)c3ccccc3)cc2)c(C(C)C)c1. The molecule has 4 aromatic rings. The first-order valence-electron chi connectivity index (χ1n) is 12.6. The molecule has 0 amide bonds. The quantitative estimate of drug-likeness (QED) is 0.248. The highest BCUT2D eigenvalue weighted by atomic mass is 14.2. The molecule has 173 valence electrons. The Bertz CT molecular complexity index is 1130. The van der Waals surface area contributed by atoms with Crippen molar-refractivity contribution in [3.05, 3.63) is 136 Å². The van der Waals surface area contributed by atoms with Gasteiger partial charge in [-0.2, -0.15) is 0 Å². The molecule has 4 aromatic carbocycles. The Labute approximate surface area is 206 Å². The lowest BCUT2D eigenvalue weighted by molar-refractivity contribution is 0.807. The Morgan fingerprint density at radius 1 is 0.471 bits per heavy atom. The van der Waals surface area contributed by atoms with Crippen molar-refractivity contribution in [3.63, 3.8) is 0 Å². The Morgan fingerprint density at radius 3 is 1.26 bits per heavy atom. The van der Waals surface area contributed by atoms with Crippen LogP contribution < -0.4 is 0 Å². The van der Waals surface area contributed by atoms with Crippen molar-refractivity contribution in [2.24, 2.45) is 0 Å². The molecule has 0 aliphatic carbocycles. The topological polar surface area (TPSA) is 0 Å². The summed E-state index contributed by atoms with van der Waals surface area (Å²) in [7, 11) is 0. The lowest BCUT2D eigenvalue weighted by Gasteiger charge is -2.24. The van der Waals surface area contributed by atoms with E-state index in [-0.39, 0.29) is 0 Å². The van der Waals surface area contributed by atoms with E-state index in [2.05, 4.69) is 139 Å². The first kappa shape index (κ1) is 24.0. The van der Waals surface area contributed by atoms with E-state index in [1.807, 2.05) is 0 Å². The molecule has 34 heavy (non-hydrogen) atoms. The molecule has 0 N–H and O–H groups in total. The number of hydrogen-bond donors (Lipinski definition) is 0. The van der Waals surface area contributed by atoms with Gasteiger partial charge in [0.2, 0.25) is 0 Å². The first-order valence-corrected chi connectivity index (χ1v) is 12.6. The fraction of sp³-hybridized carbons (Fsp3) is 0.265. The van der Waals surface area contributed by atoms with Gasteiger partial charge >= 0.3 is 0 Å². The molecule has 0 nitrogen and oxygen atoms in total. The van der Waals surface area contributed by atoms with Crippen molar-refractivity contribution in [3.8, 4) is 11.1 Å². The van der Waals surface area contributed by atoms with E-state index < -0.39 is 0 Å². The predicted octanol–water partition coefficient (Wildman–Crippen LogP) is 9.74. The fourth-order valence-electron chi connectivity index (χ4n) is 4.80. The third-order valence-corrected chi connectivity index (χ3v) is 6.72. The molecule has 4 rings (SSSR count). The van der Waals surface area contributed by atoms with Crippen LogP contribution in [0.25, 0.3) is 11.1 Å². The monoisotopic (exact) mass is 445 g/mol. The summed E-state index contributed by atoms with van der Waals surface area (Å²) in [4.78, 5) is 0. The maximum atomic E-state index is 2.44. The van der Waals surface area contributed by atoms with Crippen LogP contribution in [0.2, 0.25) is 0 Å². The molecule has 0 aromatic heterocycles. The van der Waals surface area contributed by atoms with Crippen molar-refractivity contribution >= 4 is 0 Å². The third-order valence-electron chi connectivity index (χ3n) is 6.72. The van der Waals surface area contributed by atoms with Gasteiger partial charge in [0.15, 0.2) is 0 Å². The molecule has 0 unspecified atom stereocenters. The normalized spacial score (nSPS) is 11.7. The number of hydrogen-bond acceptors (Lipinski definition) is 0. The molecule has 0 aliphatic rings. The van der Waals surface area contributed by atoms with Crippen LogP contribution >= 0.6 is 0 Å². The number of rotatable bonds is 7. The predicted molar refractivity (Wildman–Crippen MR) is 148 cm³/mol. The second-order valence-electron chi connectivity index (χ2n) is 10.2. The molecule has 0 heterocycles. The molecule has 0 heteroatoms. The highest BCUT2D eigenvalue weighted by molar-refractivity contribution is 5.74. The summed E-state index contributed by atoms with van der Waals surface area (Å²) < 4.78 is 0. The zero-order valence-corrected chi connectivity index (χ0v) is 21.5. The van der Waals surface area contributed by atoms with Gasteiger partial charge in [0.05, 0.1) is 5.92 Å². The van der Waals surface area contributed by atoms with Crippen molar-refractivity contribution in [2.75, 3.05) is 0 Å². The van der Waals surface area contributed by atoms with E-state index in [0.29, 0.717) is 17.8 Å². The van der Waals surface area contributed by atoms with Gasteiger partial charge in [-0.05, 0) is 62.3 Å². The van der Waals surface area contributed by atoms with Gasteiger partial charge in [-0.25, -0.2) is 0 Å². The molecule has 0 bridgehead atoms. The fourth-order valence-corrected chi connectivity index (χ4v) is 4.80. The average molecular weight is 446 g/mol. The minimum atomic E-state index is 0.474. The molecular weight excluding hydrogens is 408 g/mol. The van der Waals surface area contributed by atoms with Crippen LogP contribution in [0.5, 0.6) is 0 Å². The molecule has 0 atom stereocenters. The first-order chi connectivity index (χ1) is 16.4. The van der Waals surface area contributed by atoms with Crippen LogP contribution in [0.1, 0.15) is 92.7 Å². The van der Waals surface area contributed by atoms with Gasteiger partial charge in [-0.3, -0.25) is 0 Å². The largest absolute Gasteiger partial charge is 0.0629 e. The van der Waals surface area contributed by atoms with Crippen molar-refractivity contribution in [1.82, 2.24) is 0 Å². The molecule has 0 saturated heterocycles. The summed E-state index contributed by atoms with van der Waals surface area (Å²) in [6.07, 6.45) is 0. The zero-order chi connectivity index (χ0) is 24.2. The Balaban J connectivity index is 1.84. The lowest BCUT2D eigenvalue weighted by Crippen LogP contribution is -2.05. The molecule has 0 aliphatic heterocycles. The molecule has 0 spiro atoms. The Hall–Kier alpha value is -3.12. The van der Waals surface area contributed by atoms with Crippen molar-refractivity contribution < 1.29 is 0 Å². The van der Waals surface area contributed by atoms with Gasteiger partial charge < -0.3 is 0 Å². The Morgan fingerprint density at radius 2 is 0.882 bits per heavy atom. The zero-order valence-electron chi connectivity index (χ0n) is 21.5. The van der Waals surface area contributed by atoms with Crippen molar-refractivity contribution in [1.29, 1.82) is 0 Å². The van der Waals surface area contributed by atoms with E-state index in [9.17, 15) is 0 Å². The highest BCUT2D eigenvalue weighted by Crippen LogP contribution is 2.40. The van der Waals surface area contributed by atoms with Gasteiger partial charge in [-0.1, -0.05) is 139 Å². The summed E-state index contributed by atoms with van der Waals surface area (Å²) >= 11 is 0. The summed E-state index contributed by atoms with van der Waals surface area (Å²) in [6.45, 7) is 13.9. The van der Waals surface area contributed by atoms with Crippen LogP contribution in [0, 0.1) is 5.92 Å². The summed E-state index contributed by atoms with van der Waals surface area (Å²) in [5, 5.41) is 0. The maximum absolute atomic E-state index is 2.44. The lowest BCUT2D eigenvalue weighted by atomic mass is 9.80. The van der Waals surface area contributed by atoms with E-state index in [1.165, 1.54) is 50.4 Å². The second kappa shape index (κ2) is 10.4. The summed E-state index contributed by atoms with van der Waals surface area (Å²) in [5.74, 6) is 2.75. The molecule has 0 saturated carbocycles. The van der Waals surface area contributed by atoms with Crippen LogP contribution in [-0.2, 0) is 0 Å². The highest BCUT2D eigenvalue weighted by Gasteiger charge is 2.21. The van der Waals surface area contributed by atoms with Gasteiger partial charge in [0, 0.05) is 0 Å². The van der Waals surface area contributed by atoms with Crippen molar-refractivity contribution in [2.45, 2.75) is 59.3 Å². The van der Waals surface area contributed by atoms with E-state index in [1.54, 1.807) is 0 Å². The molecule has 1 radical (unpaired) electrons. The second-order valence-corrected chi connectivity index (χ2v) is 10.2. The third kappa shape index (κ3) is 5.02.